The lowest BCUT2D eigenvalue weighted by molar-refractivity contribution is 0.413. The highest BCUT2D eigenvalue weighted by atomic mass is 32.1. The van der Waals surface area contributed by atoms with Crippen molar-refractivity contribution in [2.75, 3.05) is 6.54 Å². The van der Waals surface area contributed by atoms with E-state index in [1.54, 1.807) is 6.08 Å². The zero-order chi connectivity index (χ0) is 13.5. The van der Waals surface area contributed by atoms with Crippen LogP contribution in [0.4, 0.5) is 0 Å². The fraction of sp³-hybridized carbons (Fsp3) is 0.417. The van der Waals surface area contributed by atoms with Crippen LogP contribution >= 0.6 is 12.2 Å². The van der Waals surface area contributed by atoms with Crippen molar-refractivity contribution in [2.24, 2.45) is 4.99 Å². The van der Waals surface area contributed by atoms with Gasteiger partial charge in [-0.15, -0.1) is 6.58 Å². The van der Waals surface area contributed by atoms with E-state index in [4.69, 9.17) is 12.2 Å². The van der Waals surface area contributed by atoms with Gasteiger partial charge in [-0.1, -0.05) is 19.4 Å². The molecule has 0 radical (unpaired) electrons. The predicted octanol–water partition coefficient (Wildman–Crippen LogP) is 2.02. The molecule has 5 nitrogen and oxygen atoms in total. The van der Waals surface area contributed by atoms with Gasteiger partial charge in [-0.05, 0) is 18.6 Å². The zero-order valence-electron chi connectivity index (χ0n) is 10.3. The predicted molar refractivity (Wildman–Crippen MR) is 75.1 cm³/mol. The van der Waals surface area contributed by atoms with Gasteiger partial charge in [-0.25, -0.2) is 0 Å². The number of unbranched alkanes of at least 4 members (excludes halogenated alkanes) is 1. The summed E-state index contributed by atoms with van der Waals surface area (Å²) in [4.78, 5) is 18.3. The molecule has 0 spiro atoms. The van der Waals surface area contributed by atoms with Crippen molar-refractivity contribution in [1.29, 1.82) is 0 Å². The Morgan fingerprint density at radius 3 is 2.94 bits per heavy atom. The lowest BCUT2D eigenvalue weighted by atomic mass is 10.3. The fourth-order valence-corrected chi connectivity index (χ4v) is 1.65. The molecule has 1 rings (SSSR count). The molecular weight excluding hydrogens is 250 g/mol. The Labute approximate surface area is 111 Å². The number of aromatic amines is 1. The number of aliphatic imine (C=N–C) groups is 1. The summed E-state index contributed by atoms with van der Waals surface area (Å²) in [5, 5.41) is 9.98. The third-order valence-electron chi connectivity index (χ3n) is 2.38. The molecule has 0 aliphatic rings. The molecule has 0 saturated carbocycles. The maximum atomic E-state index is 11.7. The molecule has 0 amide bonds. The van der Waals surface area contributed by atoms with E-state index in [2.05, 4.69) is 23.5 Å². The van der Waals surface area contributed by atoms with Crippen molar-refractivity contribution in [3.8, 4) is 5.88 Å². The molecule has 0 aliphatic heterocycles. The number of aromatic hydroxyl groups is 1. The number of hydrogen-bond acceptors (Lipinski definition) is 4. The monoisotopic (exact) mass is 267 g/mol. The quantitative estimate of drug-likeness (QED) is 0.358. The molecule has 0 aromatic carbocycles. The Kier molecular flexibility index (Phi) is 5.51. The van der Waals surface area contributed by atoms with E-state index in [1.807, 2.05) is 0 Å². The van der Waals surface area contributed by atoms with Gasteiger partial charge >= 0.3 is 0 Å². The first-order valence-electron chi connectivity index (χ1n) is 5.78. The van der Waals surface area contributed by atoms with Crippen LogP contribution in [-0.4, -0.2) is 27.4 Å². The summed E-state index contributed by atoms with van der Waals surface area (Å²) in [6, 6.07) is 0. The molecule has 0 aliphatic carbocycles. The number of aromatic nitrogens is 2. The maximum absolute atomic E-state index is 11.7. The number of allylic oxidation sites excluding steroid dienone is 1. The first kappa shape index (κ1) is 14.4. The average Bonchev–Trinajstić information content (AvgIpc) is 2.33. The van der Waals surface area contributed by atoms with Gasteiger partial charge in [0, 0.05) is 19.3 Å². The largest absolute Gasteiger partial charge is 0.494 e. The number of nitrogens with one attached hydrogen (secondary N) is 1. The molecule has 1 aromatic rings. The third-order valence-corrected chi connectivity index (χ3v) is 2.70. The van der Waals surface area contributed by atoms with Gasteiger partial charge in [0.25, 0.3) is 5.56 Å². The Bertz CT molecular complexity index is 557. The van der Waals surface area contributed by atoms with Gasteiger partial charge in [0.2, 0.25) is 5.88 Å². The van der Waals surface area contributed by atoms with E-state index >= 15 is 0 Å². The second-order valence-corrected chi connectivity index (χ2v) is 4.17. The molecule has 1 heterocycles. The third kappa shape index (κ3) is 3.40. The van der Waals surface area contributed by atoms with E-state index in [-0.39, 0.29) is 16.2 Å². The number of H-pyrrole nitrogens is 1. The van der Waals surface area contributed by atoms with Crippen LogP contribution in [0.2, 0.25) is 0 Å². The van der Waals surface area contributed by atoms with Crippen LogP contribution in [0.3, 0.4) is 0 Å². The first-order chi connectivity index (χ1) is 8.61. The van der Waals surface area contributed by atoms with E-state index in [0.717, 1.165) is 12.8 Å². The Hall–Kier alpha value is -1.69. The Balaban J connectivity index is 3.15. The van der Waals surface area contributed by atoms with Gasteiger partial charge in [0.15, 0.2) is 4.77 Å². The van der Waals surface area contributed by atoms with Crippen molar-refractivity contribution < 1.29 is 5.11 Å². The van der Waals surface area contributed by atoms with Gasteiger partial charge in [0.05, 0.1) is 0 Å². The van der Waals surface area contributed by atoms with E-state index in [9.17, 15) is 9.90 Å². The fourth-order valence-electron chi connectivity index (χ4n) is 1.40. The number of nitrogens with zero attached hydrogens (tertiary/aromatic N) is 2. The van der Waals surface area contributed by atoms with Crippen molar-refractivity contribution in [1.82, 2.24) is 9.55 Å². The van der Waals surface area contributed by atoms with Crippen LogP contribution in [0.25, 0.3) is 0 Å². The van der Waals surface area contributed by atoms with E-state index in [1.165, 1.54) is 10.8 Å². The number of hydrogen-bond donors (Lipinski definition) is 2. The molecule has 18 heavy (non-hydrogen) atoms. The molecule has 98 valence electrons. The van der Waals surface area contributed by atoms with Gasteiger partial charge < -0.3 is 5.11 Å². The molecule has 0 bridgehead atoms. The minimum Gasteiger partial charge on any atom is -0.494 e. The molecule has 1 aromatic heterocycles. The Morgan fingerprint density at radius 2 is 2.33 bits per heavy atom. The summed E-state index contributed by atoms with van der Waals surface area (Å²) in [7, 11) is 0. The molecule has 0 fully saturated rings. The summed E-state index contributed by atoms with van der Waals surface area (Å²) < 4.78 is 1.56. The summed E-state index contributed by atoms with van der Waals surface area (Å²) in [5.74, 6) is -0.177. The summed E-state index contributed by atoms with van der Waals surface area (Å²) >= 11 is 4.96. The first-order valence-corrected chi connectivity index (χ1v) is 6.19. The topological polar surface area (TPSA) is 70.4 Å². The minimum absolute atomic E-state index is 0.126. The lowest BCUT2D eigenvalue weighted by Gasteiger charge is -2.08. The number of rotatable bonds is 6. The lowest BCUT2D eigenvalue weighted by Crippen LogP contribution is -2.18. The zero-order valence-corrected chi connectivity index (χ0v) is 11.2. The van der Waals surface area contributed by atoms with Crippen LogP contribution in [0.1, 0.15) is 25.3 Å². The summed E-state index contributed by atoms with van der Waals surface area (Å²) in [6.45, 7) is 6.59. The standard InChI is InChI=1S/C12H17N3O2S/c1-3-5-6-13-8-9-10(16)14-12(18)15(7-4-2)11(9)17/h4,8,17H,2-3,5-7H2,1H3,(H,14,16,18). The molecule has 0 saturated heterocycles. The second kappa shape index (κ2) is 6.90. The summed E-state index contributed by atoms with van der Waals surface area (Å²) in [5.41, 5.74) is -0.306. The molecular formula is C12H17N3O2S. The van der Waals surface area contributed by atoms with Gasteiger partial charge in [-0.2, -0.15) is 0 Å². The van der Waals surface area contributed by atoms with E-state index < -0.39 is 5.56 Å². The SMILES string of the molecule is C=CCn1c(O)c(C=NCCCC)c(=O)[nH]c1=S. The van der Waals surface area contributed by atoms with Gasteiger partial charge in [-0.3, -0.25) is 19.3 Å². The van der Waals surface area contributed by atoms with Crippen molar-refractivity contribution in [3.63, 3.8) is 0 Å². The average molecular weight is 267 g/mol. The highest BCUT2D eigenvalue weighted by molar-refractivity contribution is 7.71. The molecule has 2 N–H and O–H groups in total. The van der Waals surface area contributed by atoms with Crippen LogP contribution in [0.15, 0.2) is 22.4 Å². The van der Waals surface area contributed by atoms with Crippen LogP contribution in [0.5, 0.6) is 5.88 Å². The molecule has 0 atom stereocenters. The Morgan fingerprint density at radius 1 is 1.61 bits per heavy atom. The van der Waals surface area contributed by atoms with Crippen LogP contribution in [0, 0.1) is 4.77 Å². The second-order valence-electron chi connectivity index (χ2n) is 3.78. The molecule has 0 unspecified atom stereocenters. The van der Waals surface area contributed by atoms with E-state index in [0.29, 0.717) is 13.1 Å². The highest BCUT2D eigenvalue weighted by Crippen LogP contribution is 2.11. The van der Waals surface area contributed by atoms with Gasteiger partial charge in [0.1, 0.15) is 5.56 Å². The van der Waals surface area contributed by atoms with Crippen molar-refractivity contribution in [2.45, 2.75) is 26.3 Å². The molecule has 6 heteroatoms. The van der Waals surface area contributed by atoms with Crippen molar-refractivity contribution in [3.05, 3.63) is 33.3 Å². The normalized spacial score (nSPS) is 10.9. The highest BCUT2D eigenvalue weighted by Gasteiger charge is 2.09. The van der Waals surface area contributed by atoms with Crippen LogP contribution < -0.4 is 5.56 Å². The van der Waals surface area contributed by atoms with Crippen molar-refractivity contribution >= 4 is 18.4 Å². The summed E-state index contributed by atoms with van der Waals surface area (Å²) in [6.07, 6.45) is 4.95. The smallest absolute Gasteiger partial charge is 0.264 e. The minimum atomic E-state index is -0.432. The van der Waals surface area contributed by atoms with Crippen LogP contribution in [-0.2, 0) is 6.54 Å². The maximum Gasteiger partial charge on any atom is 0.264 e.